The Kier molecular flexibility index (Phi) is 7.21. The number of sulfone groups is 1. The SMILES string of the molecule is CCc1nnc(NC(=O)C(C)Sc2nnc(CS(=O)(=O)c3ccccc3)n2CC)s1. The van der Waals surface area contributed by atoms with Crippen LogP contribution in [0.15, 0.2) is 40.4 Å². The van der Waals surface area contributed by atoms with Gasteiger partial charge in [-0.15, -0.1) is 20.4 Å². The fraction of sp³-hybridized carbons (Fsp3) is 0.389. The number of aryl methyl sites for hydroxylation is 1. The standard InChI is InChI=1S/C18H22N6O3S3/c1-4-15-21-22-17(29-15)19-16(25)12(3)28-18-23-20-14(24(18)5-2)11-30(26,27)13-9-7-6-8-10-13/h6-10,12H,4-5,11H2,1-3H3,(H,19,22,25). The van der Waals surface area contributed by atoms with Gasteiger partial charge in [-0.3, -0.25) is 10.1 Å². The zero-order valence-electron chi connectivity index (χ0n) is 16.8. The lowest BCUT2D eigenvalue weighted by Crippen LogP contribution is -2.23. The van der Waals surface area contributed by atoms with Gasteiger partial charge in [-0.25, -0.2) is 8.42 Å². The van der Waals surface area contributed by atoms with Crippen molar-refractivity contribution in [3.05, 3.63) is 41.2 Å². The fourth-order valence-electron chi connectivity index (χ4n) is 2.58. The number of aromatic nitrogens is 5. The lowest BCUT2D eigenvalue weighted by molar-refractivity contribution is -0.115. The molecule has 2 heterocycles. The minimum Gasteiger partial charge on any atom is -0.305 e. The number of hydrogen-bond donors (Lipinski definition) is 1. The van der Waals surface area contributed by atoms with Crippen molar-refractivity contribution in [1.82, 2.24) is 25.0 Å². The average molecular weight is 467 g/mol. The maximum absolute atomic E-state index is 12.7. The van der Waals surface area contributed by atoms with Crippen LogP contribution >= 0.6 is 23.1 Å². The zero-order chi connectivity index (χ0) is 21.7. The Bertz CT molecular complexity index is 1110. The molecule has 0 saturated carbocycles. The highest BCUT2D eigenvalue weighted by Gasteiger charge is 2.24. The molecule has 1 aromatic carbocycles. The molecular formula is C18H22N6O3S3. The predicted molar refractivity (Wildman–Crippen MR) is 116 cm³/mol. The summed E-state index contributed by atoms with van der Waals surface area (Å²) in [5.74, 6) is -0.153. The molecule has 30 heavy (non-hydrogen) atoms. The van der Waals surface area contributed by atoms with E-state index < -0.39 is 15.1 Å². The molecule has 12 heteroatoms. The predicted octanol–water partition coefficient (Wildman–Crippen LogP) is 2.81. The number of benzene rings is 1. The largest absolute Gasteiger partial charge is 0.305 e. The van der Waals surface area contributed by atoms with Crippen LogP contribution in [-0.2, 0) is 33.4 Å². The van der Waals surface area contributed by atoms with Gasteiger partial charge in [-0.05, 0) is 32.4 Å². The van der Waals surface area contributed by atoms with Crippen LogP contribution in [-0.4, -0.2) is 44.5 Å². The quantitative estimate of drug-likeness (QED) is 0.478. The highest BCUT2D eigenvalue weighted by molar-refractivity contribution is 8.00. The molecule has 1 N–H and O–H groups in total. The van der Waals surface area contributed by atoms with Crippen molar-refractivity contribution in [3.63, 3.8) is 0 Å². The fourth-order valence-corrected chi connectivity index (χ4v) is 5.48. The summed E-state index contributed by atoms with van der Waals surface area (Å²) < 4.78 is 27.1. The van der Waals surface area contributed by atoms with E-state index in [0.717, 1.165) is 11.4 Å². The third-order valence-electron chi connectivity index (χ3n) is 4.18. The maximum Gasteiger partial charge on any atom is 0.239 e. The Morgan fingerprint density at radius 3 is 2.53 bits per heavy atom. The molecule has 3 rings (SSSR count). The Labute approximate surface area is 183 Å². The summed E-state index contributed by atoms with van der Waals surface area (Å²) in [5.41, 5.74) is 0. The van der Waals surface area contributed by atoms with Crippen molar-refractivity contribution in [1.29, 1.82) is 0 Å². The lowest BCUT2D eigenvalue weighted by Gasteiger charge is -2.11. The molecule has 0 radical (unpaired) electrons. The molecular weight excluding hydrogens is 444 g/mol. The number of thioether (sulfide) groups is 1. The number of carbonyl (C=O) groups is 1. The van der Waals surface area contributed by atoms with Gasteiger partial charge in [-0.2, -0.15) is 0 Å². The topological polar surface area (TPSA) is 120 Å². The second-order valence-corrected chi connectivity index (χ2v) is 10.7. The summed E-state index contributed by atoms with van der Waals surface area (Å²) in [7, 11) is -3.54. The summed E-state index contributed by atoms with van der Waals surface area (Å²) in [6.45, 7) is 6.08. The molecule has 160 valence electrons. The normalized spacial score (nSPS) is 12.6. The molecule has 2 aromatic heterocycles. The van der Waals surface area contributed by atoms with Crippen LogP contribution in [0.2, 0.25) is 0 Å². The second-order valence-electron chi connectivity index (χ2n) is 6.32. The summed E-state index contributed by atoms with van der Waals surface area (Å²) >= 11 is 2.55. The first-order chi connectivity index (χ1) is 14.3. The van der Waals surface area contributed by atoms with Crippen molar-refractivity contribution in [2.24, 2.45) is 0 Å². The van der Waals surface area contributed by atoms with Crippen molar-refractivity contribution in [2.75, 3.05) is 5.32 Å². The van der Waals surface area contributed by atoms with Crippen LogP contribution in [0.3, 0.4) is 0 Å². The number of amides is 1. The molecule has 9 nitrogen and oxygen atoms in total. The van der Waals surface area contributed by atoms with E-state index in [2.05, 4.69) is 25.7 Å². The van der Waals surface area contributed by atoms with Crippen molar-refractivity contribution < 1.29 is 13.2 Å². The first-order valence-corrected chi connectivity index (χ1v) is 12.7. The van der Waals surface area contributed by atoms with Crippen LogP contribution in [0.25, 0.3) is 0 Å². The molecule has 1 atom stereocenters. The molecule has 0 aliphatic rings. The van der Waals surface area contributed by atoms with Gasteiger partial charge >= 0.3 is 0 Å². The number of anilines is 1. The maximum atomic E-state index is 12.7. The number of nitrogens with one attached hydrogen (secondary N) is 1. The first-order valence-electron chi connectivity index (χ1n) is 9.33. The van der Waals surface area contributed by atoms with Crippen LogP contribution in [0.1, 0.15) is 31.6 Å². The van der Waals surface area contributed by atoms with Crippen molar-refractivity contribution in [3.8, 4) is 0 Å². The number of hydrogen-bond acceptors (Lipinski definition) is 9. The molecule has 0 aliphatic carbocycles. The van der Waals surface area contributed by atoms with Crippen molar-refractivity contribution in [2.45, 2.75) is 54.8 Å². The Morgan fingerprint density at radius 2 is 1.90 bits per heavy atom. The zero-order valence-corrected chi connectivity index (χ0v) is 19.2. The Balaban J connectivity index is 1.71. The lowest BCUT2D eigenvalue weighted by atomic mass is 10.4. The van der Waals surface area contributed by atoms with E-state index in [1.807, 2.05) is 13.8 Å². The monoisotopic (exact) mass is 466 g/mol. The summed E-state index contributed by atoms with van der Waals surface area (Å²) in [5, 5.41) is 20.2. The third kappa shape index (κ3) is 5.24. The molecule has 0 bridgehead atoms. The van der Waals surface area contributed by atoms with E-state index in [0.29, 0.717) is 22.7 Å². The smallest absolute Gasteiger partial charge is 0.239 e. The van der Waals surface area contributed by atoms with Crippen LogP contribution in [0.4, 0.5) is 5.13 Å². The van der Waals surface area contributed by atoms with Gasteiger partial charge in [0.1, 0.15) is 16.6 Å². The van der Waals surface area contributed by atoms with Gasteiger partial charge in [0.25, 0.3) is 0 Å². The second kappa shape index (κ2) is 9.67. The average Bonchev–Trinajstić information content (AvgIpc) is 3.34. The third-order valence-corrected chi connectivity index (χ3v) is 7.87. The van der Waals surface area contributed by atoms with Gasteiger partial charge < -0.3 is 4.57 Å². The number of carbonyl (C=O) groups excluding carboxylic acids is 1. The van der Waals surface area contributed by atoms with Gasteiger partial charge in [0.05, 0.1) is 10.1 Å². The molecule has 1 amide bonds. The number of nitrogens with zero attached hydrogens (tertiary/aromatic N) is 5. The van der Waals surface area contributed by atoms with E-state index in [1.54, 1.807) is 41.8 Å². The van der Waals surface area contributed by atoms with Gasteiger partial charge in [0.2, 0.25) is 11.0 Å². The van der Waals surface area contributed by atoms with Crippen LogP contribution in [0, 0.1) is 0 Å². The highest BCUT2D eigenvalue weighted by Crippen LogP contribution is 2.25. The summed E-state index contributed by atoms with van der Waals surface area (Å²) in [4.78, 5) is 12.7. The molecule has 0 spiro atoms. The van der Waals surface area contributed by atoms with E-state index in [-0.39, 0.29) is 16.6 Å². The van der Waals surface area contributed by atoms with Crippen LogP contribution < -0.4 is 5.32 Å². The minimum atomic E-state index is -3.54. The first kappa shape index (κ1) is 22.4. The molecule has 1 unspecified atom stereocenters. The molecule has 0 saturated heterocycles. The van der Waals surface area contributed by atoms with Gasteiger partial charge in [0, 0.05) is 6.54 Å². The molecule has 3 aromatic rings. The Hall–Kier alpha value is -2.31. The van der Waals surface area contributed by atoms with Gasteiger partial charge in [-0.1, -0.05) is 48.2 Å². The van der Waals surface area contributed by atoms with E-state index in [1.165, 1.54) is 23.1 Å². The minimum absolute atomic E-state index is 0.233. The van der Waals surface area contributed by atoms with E-state index in [4.69, 9.17) is 0 Å². The van der Waals surface area contributed by atoms with Gasteiger partial charge in [0.15, 0.2) is 15.0 Å². The van der Waals surface area contributed by atoms with Crippen LogP contribution in [0.5, 0.6) is 0 Å². The summed E-state index contributed by atoms with van der Waals surface area (Å²) in [6.07, 6.45) is 0.756. The van der Waals surface area contributed by atoms with E-state index in [9.17, 15) is 13.2 Å². The Morgan fingerprint density at radius 1 is 1.17 bits per heavy atom. The molecule has 0 aliphatic heterocycles. The number of rotatable bonds is 9. The van der Waals surface area contributed by atoms with Crippen molar-refractivity contribution >= 4 is 44.0 Å². The van der Waals surface area contributed by atoms with E-state index >= 15 is 0 Å². The summed E-state index contributed by atoms with van der Waals surface area (Å²) in [6, 6.07) is 8.24. The molecule has 0 fully saturated rings. The highest BCUT2D eigenvalue weighted by atomic mass is 32.2.